The Kier molecular flexibility index (Phi) is 3.76. The van der Waals surface area contributed by atoms with Crippen LogP contribution in [-0.4, -0.2) is 12.6 Å². The average Bonchev–Trinajstić information content (AvgIpc) is 3.17. The van der Waals surface area contributed by atoms with Gasteiger partial charge in [0.05, 0.1) is 7.11 Å². The number of methoxy groups -OCH3 is 1. The van der Waals surface area contributed by atoms with Gasteiger partial charge < -0.3 is 10.5 Å². The van der Waals surface area contributed by atoms with E-state index in [0.29, 0.717) is 5.92 Å². The maximum absolute atomic E-state index is 6.26. The van der Waals surface area contributed by atoms with Crippen LogP contribution >= 0.6 is 0 Å². The van der Waals surface area contributed by atoms with E-state index in [2.05, 4.69) is 25.1 Å². The fourth-order valence-electron chi connectivity index (χ4n) is 3.53. The lowest BCUT2D eigenvalue weighted by atomic mass is 9.78. The monoisotopic (exact) mass is 273 g/mol. The molecule has 0 aromatic heterocycles. The molecule has 1 aromatic rings. The Hall–Kier alpha value is -1.02. The molecular weight excluding hydrogens is 246 g/mol. The lowest BCUT2D eigenvalue weighted by Crippen LogP contribution is -2.24. The van der Waals surface area contributed by atoms with Gasteiger partial charge in [-0.05, 0) is 61.1 Å². The van der Waals surface area contributed by atoms with Crippen LogP contribution in [0.5, 0.6) is 5.75 Å². The summed E-state index contributed by atoms with van der Waals surface area (Å²) in [5.74, 6) is 2.63. The van der Waals surface area contributed by atoms with Crippen LogP contribution in [0, 0.1) is 5.92 Å². The van der Waals surface area contributed by atoms with Gasteiger partial charge in [-0.15, -0.1) is 0 Å². The molecule has 0 amide bonds. The van der Waals surface area contributed by atoms with Crippen LogP contribution in [0.15, 0.2) is 18.2 Å². The molecular formula is C18H27NO. The average molecular weight is 273 g/mol. The van der Waals surface area contributed by atoms with Gasteiger partial charge in [0.2, 0.25) is 0 Å². The van der Waals surface area contributed by atoms with E-state index in [1.165, 1.54) is 49.7 Å². The van der Waals surface area contributed by atoms with Crippen molar-refractivity contribution in [2.75, 3.05) is 7.11 Å². The molecule has 0 spiro atoms. The van der Waals surface area contributed by atoms with Gasteiger partial charge in [-0.25, -0.2) is 0 Å². The van der Waals surface area contributed by atoms with Gasteiger partial charge >= 0.3 is 0 Å². The second-order valence-corrected chi connectivity index (χ2v) is 7.07. The van der Waals surface area contributed by atoms with E-state index in [4.69, 9.17) is 10.5 Å². The normalized spacial score (nSPS) is 28.1. The molecule has 0 unspecified atom stereocenters. The maximum atomic E-state index is 6.26. The highest BCUT2D eigenvalue weighted by Gasteiger charge is 2.38. The van der Waals surface area contributed by atoms with Gasteiger partial charge in [0.25, 0.3) is 0 Å². The molecule has 1 aromatic carbocycles. The Morgan fingerprint density at radius 3 is 2.50 bits per heavy atom. The van der Waals surface area contributed by atoms with Gasteiger partial charge in [-0.3, -0.25) is 0 Å². The van der Waals surface area contributed by atoms with E-state index in [9.17, 15) is 0 Å². The zero-order chi connectivity index (χ0) is 14.2. The summed E-state index contributed by atoms with van der Waals surface area (Å²) in [5, 5.41) is 0. The molecule has 2 saturated carbocycles. The fraction of sp³-hybridized carbons (Fsp3) is 0.667. The van der Waals surface area contributed by atoms with Crippen molar-refractivity contribution in [3.05, 3.63) is 29.3 Å². The maximum Gasteiger partial charge on any atom is 0.122 e. The number of benzene rings is 1. The zero-order valence-electron chi connectivity index (χ0n) is 12.8. The minimum Gasteiger partial charge on any atom is -0.496 e. The van der Waals surface area contributed by atoms with Gasteiger partial charge in [0.15, 0.2) is 0 Å². The summed E-state index contributed by atoms with van der Waals surface area (Å²) in [4.78, 5) is 0. The topological polar surface area (TPSA) is 35.2 Å². The Bertz CT molecular complexity index is 470. The Labute approximate surface area is 122 Å². The van der Waals surface area contributed by atoms with E-state index in [-0.39, 0.29) is 5.54 Å². The number of hydrogen-bond donors (Lipinski definition) is 1. The molecule has 2 nitrogen and oxygen atoms in total. The van der Waals surface area contributed by atoms with Gasteiger partial charge in [-0.1, -0.05) is 31.9 Å². The van der Waals surface area contributed by atoms with Gasteiger partial charge in [0.1, 0.15) is 5.75 Å². The van der Waals surface area contributed by atoms with Crippen LogP contribution in [-0.2, 0) is 6.42 Å². The third-order valence-corrected chi connectivity index (χ3v) is 5.20. The summed E-state index contributed by atoms with van der Waals surface area (Å²) in [6.07, 6.45) is 8.67. The molecule has 0 aliphatic heterocycles. The lowest BCUT2D eigenvalue weighted by Gasteiger charge is -2.28. The summed E-state index contributed by atoms with van der Waals surface area (Å²) in [6.45, 7) is 2.37. The molecule has 2 fully saturated rings. The van der Waals surface area contributed by atoms with Crippen molar-refractivity contribution in [2.45, 2.75) is 63.3 Å². The summed E-state index contributed by atoms with van der Waals surface area (Å²) >= 11 is 0. The van der Waals surface area contributed by atoms with Crippen molar-refractivity contribution in [3.63, 3.8) is 0 Å². The van der Waals surface area contributed by atoms with Crippen LogP contribution < -0.4 is 10.5 Å². The first kappa shape index (κ1) is 13.9. The second kappa shape index (κ2) is 5.40. The van der Waals surface area contributed by atoms with Crippen molar-refractivity contribution in [3.8, 4) is 5.75 Å². The predicted octanol–water partition coefficient (Wildman–Crippen LogP) is 4.02. The number of rotatable bonds is 4. The van der Waals surface area contributed by atoms with Gasteiger partial charge in [0, 0.05) is 5.54 Å². The molecule has 0 saturated heterocycles. The zero-order valence-corrected chi connectivity index (χ0v) is 12.8. The molecule has 0 atom stereocenters. The molecule has 0 radical (unpaired) electrons. The third-order valence-electron chi connectivity index (χ3n) is 5.20. The van der Waals surface area contributed by atoms with Crippen LogP contribution in [0.1, 0.15) is 62.5 Å². The predicted molar refractivity (Wildman–Crippen MR) is 83.2 cm³/mol. The molecule has 2 aliphatic carbocycles. The first-order valence-corrected chi connectivity index (χ1v) is 8.05. The SMILES string of the molecule is COc1ccc(CC2(N)CC2)cc1C1CCC(C)CC1. The number of ether oxygens (including phenoxy) is 1. The highest BCUT2D eigenvalue weighted by Crippen LogP contribution is 2.41. The Morgan fingerprint density at radius 2 is 1.90 bits per heavy atom. The summed E-state index contributed by atoms with van der Waals surface area (Å²) in [5.41, 5.74) is 9.16. The standard InChI is InChI=1S/C18H27NO/c1-13-3-6-15(7-4-13)16-11-14(5-8-17(16)20-2)12-18(19)9-10-18/h5,8,11,13,15H,3-4,6-7,9-10,12,19H2,1-2H3. The van der Waals surface area contributed by atoms with Crippen molar-refractivity contribution in [2.24, 2.45) is 11.7 Å². The first-order chi connectivity index (χ1) is 9.59. The molecule has 110 valence electrons. The van der Waals surface area contributed by atoms with Crippen molar-refractivity contribution in [1.29, 1.82) is 0 Å². The molecule has 0 bridgehead atoms. The fourth-order valence-corrected chi connectivity index (χ4v) is 3.53. The number of hydrogen-bond acceptors (Lipinski definition) is 2. The second-order valence-electron chi connectivity index (χ2n) is 7.07. The molecule has 2 heteroatoms. The van der Waals surface area contributed by atoms with E-state index < -0.39 is 0 Å². The summed E-state index contributed by atoms with van der Waals surface area (Å²) < 4.78 is 5.59. The molecule has 2 N–H and O–H groups in total. The highest BCUT2D eigenvalue weighted by atomic mass is 16.5. The first-order valence-electron chi connectivity index (χ1n) is 8.05. The Morgan fingerprint density at radius 1 is 1.20 bits per heavy atom. The molecule has 2 aliphatic rings. The Balaban J connectivity index is 1.81. The molecule has 0 heterocycles. The van der Waals surface area contributed by atoms with Crippen molar-refractivity contribution >= 4 is 0 Å². The third kappa shape index (κ3) is 3.01. The summed E-state index contributed by atoms with van der Waals surface area (Å²) in [7, 11) is 1.79. The largest absolute Gasteiger partial charge is 0.496 e. The van der Waals surface area contributed by atoms with Crippen LogP contribution in [0.4, 0.5) is 0 Å². The summed E-state index contributed by atoms with van der Waals surface area (Å²) in [6, 6.07) is 6.71. The van der Waals surface area contributed by atoms with Crippen LogP contribution in [0.2, 0.25) is 0 Å². The minimum atomic E-state index is 0.0902. The molecule has 20 heavy (non-hydrogen) atoms. The van der Waals surface area contributed by atoms with E-state index in [1.807, 2.05) is 0 Å². The van der Waals surface area contributed by atoms with Gasteiger partial charge in [-0.2, -0.15) is 0 Å². The number of nitrogens with two attached hydrogens (primary N) is 1. The van der Waals surface area contributed by atoms with E-state index >= 15 is 0 Å². The van der Waals surface area contributed by atoms with E-state index in [0.717, 1.165) is 18.1 Å². The molecule has 3 rings (SSSR count). The minimum absolute atomic E-state index is 0.0902. The lowest BCUT2D eigenvalue weighted by molar-refractivity contribution is 0.336. The highest BCUT2D eigenvalue weighted by molar-refractivity contribution is 5.41. The van der Waals surface area contributed by atoms with Crippen molar-refractivity contribution < 1.29 is 4.74 Å². The van der Waals surface area contributed by atoms with Crippen LogP contribution in [0.25, 0.3) is 0 Å². The smallest absolute Gasteiger partial charge is 0.122 e. The quantitative estimate of drug-likeness (QED) is 0.899. The van der Waals surface area contributed by atoms with E-state index in [1.54, 1.807) is 7.11 Å². The van der Waals surface area contributed by atoms with Crippen molar-refractivity contribution in [1.82, 2.24) is 0 Å². The van der Waals surface area contributed by atoms with Crippen LogP contribution in [0.3, 0.4) is 0 Å².